The number of carbonyl (C=O) groups is 1. The molecule has 1 unspecified atom stereocenters. The average Bonchev–Trinajstić information content (AvgIpc) is 1.98. The lowest BCUT2D eigenvalue weighted by Crippen LogP contribution is -2.24. The maximum atomic E-state index is 11.1. The van der Waals surface area contributed by atoms with Crippen molar-refractivity contribution in [1.29, 1.82) is 0 Å². The molecule has 0 aliphatic rings. The Balaban J connectivity index is 3.72. The lowest BCUT2D eigenvalue weighted by molar-refractivity contribution is -0.145. The number of hydrogen-bond donors (Lipinski definition) is 0. The predicted octanol–water partition coefficient (Wildman–Crippen LogP) is 2.45. The van der Waals surface area contributed by atoms with E-state index < -0.39 is 5.38 Å². The van der Waals surface area contributed by atoms with Crippen molar-refractivity contribution in [3.63, 3.8) is 0 Å². The summed E-state index contributed by atoms with van der Waals surface area (Å²) in [5.74, 6) is 0.191. The molecule has 0 saturated carbocycles. The van der Waals surface area contributed by atoms with E-state index in [-0.39, 0.29) is 11.9 Å². The van der Waals surface area contributed by atoms with Crippen molar-refractivity contribution in [2.45, 2.75) is 33.1 Å². The third kappa shape index (κ3) is 4.60. The number of halogens is 1. The van der Waals surface area contributed by atoms with E-state index in [1.165, 1.54) is 0 Å². The first-order chi connectivity index (χ1) is 5.45. The molecule has 3 heteroatoms. The summed E-state index contributed by atoms with van der Waals surface area (Å²) in [6.45, 7) is 8.23. The molecular formula is C9H17ClO2. The van der Waals surface area contributed by atoms with Crippen LogP contribution < -0.4 is 0 Å². The maximum absolute atomic E-state index is 11.1. The predicted molar refractivity (Wildman–Crippen MR) is 50.3 cm³/mol. The van der Waals surface area contributed by atoms with Gasteiger partial charge in [0.1, 0.15) is 5.38 Å². The molecule has 0 aromatic heterocycles. The van der Waals surface area contributed by atoms with Crippen LogP contribution in [0.25, 0.3) is 0 Å². The standard InChI is InChI=1S/C9H17ClO2/c1-6(2)5-12-9(11)8(10)7(3)4/h6-8H,5H2,1-4H3. The van der Waals surface area contributed by atoms with Gasteiger partial charge in [0, 0.05) is 0 Å². The summed E-state index contributed by atoms with van der Waals surface area (Å²) in [6, 6.07) is 0. The highest BCUT2D eigenvalue weighted by Gasteiger charge is 2.20. The fourth-order valence-electron chi connectivity index (χ4n) is 0.601. The molecule has 0 aromatic rings. The molecule has 72 valence electrons. The summed E-state index contributed by atoms with van der Waals surface area (Å²) in [5.41, 5.74) is 0. The van der Waals surface area contributed by atoms with E-state index in [1.807, 2.05) is 27.7 Å². The van der Waals surface area contributed by atoms with Gasteiger partial charge in [-0.25, -0.2) is 0 Å². The molecule has 0 radical (unpaired) electrons. The molecule has 0 N–H and O–H groups in total. The Labute approximate surface area is 79.2 Å². The molecule has 0 bridgehead atoms. The van der Waals surface area contributed by atoms with Gasteiger partial charge in [0.15, 0.2) is 0 Å². The minimum atomic E-state index is -0.510. The number of esters is 1. The maximum Gasteiger partial charge on any atom is 0.324 e. The van der Waals surface area contributed by atoms with E-state index in [2.05, 4.69) is 0 Å². The van der Waals surface area contributed by atoms with Crippen LogP contribution >= 0.6 is 11.6 Å². The van der Waals surface area contributed by atoms with Gasteiger partial charge in [0.05, 0.1) is 6.61 Å². The fraction of sp³-hybridized carbons (Fsp3) is 0.889. The summed E-state index contributed by atoms with van der Waals surface area (Å²) in [5, 5.41) is -0.510. The SMILES string of the molecule is CC(C)COC(=O)C(Cl)C(C)C. The molecule has 0 aromatic carbocycles. The van der Waals surface area contributed by atoms with Crippen molar-refractivity contribution >= 4 is 17.6 Å². The molecule has 0 rings (SSSR count). The van der Waals surface area contributed by atoms with Gasteiger partial charge in [-0.05, 0) is 11.8 Å². The highest BCUT2D eigenvalue weighted by Crippen LogP contribution is 2.11. The second kappa shape index (κ2) is 5.41. The Morgan fingerprint density at radius 2 is 1.83 bits per heavy atom. The summed E-state index contributed by atoms with van der Waals surface area (Å²) in [7, 11) is 0. The first kappa shape index (κ1) is 11.8. The lowest BCUT2D eigenvalue weighted by Gasteiger charge is -2.13. The van der Waals surface area contributed by atoms with E-state index >= 15 is 0 Å². The summed E-state index contributed by atoms with van der Waals surface area (Å²) >= 11 is 5.78. The van der Waals surface area contributed by atoms with Gasteiger partial charge < -0.3 is 4.74 Å². The van der Waals surface area contributed by atoms with Crippen LogP contribution in [0.15, 0.2) is 0 Å². The Morgan fingerprint density at radius 3 is 2.17 bits per heavy atom. The molecule has 0 amide bonds. The van der Waals surface area contributed by atoms with Crippen LogP contribution in [0.2, 0.25) is 0 Å². The van der Waals surface area contributed by atoms with Gasteiger partial charge in [-0.3, -0.25) is 4.79 Å². The summed E-state index contributed by atoms with van der Waals surface area (Å²) in [4.78, 5) is 11.1. The van der Waals surface area contributed by atoms with Crippen LogP contribution in [-0.4, -0.2) is 18.0 Å². The Kier molecular flexibility index (Phi) is 5.31. The normalized spacial score (nSPS) is 13.6. The summed E-state index contributed by atoms with van der Waals surface area (Å²) < 4.78 is 4.96. The minimum Gasteiger partial charge on any atom is -0.464 e. The fourth-order valence-corrected chi connectivity index (χ4v) is 0.664. The largest absolute Gasteiger partial charge is 0.464 e. The molecule has 0 spiro atoms. The first-order valence-corrected chi connectivity index (χ1v) is 4.69. The lowest BCUT2D eigenvalue weighted by atomic mass is 10.1. The van der Waals surface area contributed by atoms with E-state index in [4.69, 9.17) is 16.3 Å². The van der Waals surface area contributed by atoms with Crippen LogP contribution in [0.4, 0.5) is 0 Å². The van der Waals surface area contributed by atoms with Crippen molar-refractivity contribution in [2.75, 3.05) is 6.61 Å². The van der Waals surface area contributed by atoms with Gasteiger partial charge in [-0.2, -0.15) is 0 Å². The second-order valence-electron chi connectivity index (χ2n) is 3.67. The van der Waals surface area contributed by atoms with Gasteiger partial charge in [0.2, 0.25) is 0 Å². The smallest absolute Gasteiger partial charge is 0.324 e. The van der Waals surface area contributed by atoms with E-state index in [1.54, 1.807) is 0 Å². The molecule has 0 fully saturated rings. The molecule has 0 saturated heterocycles. The third-order valence-electron chi connectivity index (χ3n) is 1.37. The zero-order chi connectivity index (χ0) is 9.72. The molecular weight excluding hydrogens is 176 g/mol. The van der Waals surface area contributed by atoms with Crippen LogP contribution in [-0.2, 0) is 9.53 Å². The molecule has 12 heavy (non-hydrogen) atoms. The van der Waals surface area contributed by atoms with E-state index in [9.17, 15) is 4.79 Å². The van der Waals surface area contributed by atoms with Crippen LogP contribution in [0.5, 0.6) is 0 Å². The third-order valence-corrected chi connectivity index (χ3v) is 2.05. The Bertz CT molecular complexity index is 143. The highest BCUT2D eigenvalue weighted by molar-refractivity contribution is 6.30. The van der Waals surface area contributed by atoms with Crippen LogP contribution in [0.3, 0.4) is 0 Å². The van der Waals surface area contributed by atoms with Crippen molar-refractivity contribution in [3.8, 4) is 0 Å². The van der Waals surface area contributed by atoms with Crippen molar-refractivity contribution in [2.24, 2.45) is 11.8 Å². The van der Waals surface area contributed by atoms with Gasteiger partial charge >= 0.3 is 5.97 Å². The van der Waals surface area contributed by atoms with Gasteiger partial charge in [-0.15, -0.1) is 11.6 Å². The van der Waals surface area contributed by atoms with E-state index in [0.29, 0.717) is 12.5 Å². The summed E-state index contributed by atoms with van der Waals surface area (Å²) in [6.07, 6.45) is 0. The van der Waals surface area contributed by atoms with Crippen molar-refractivity contribution < 1.29 is 9.53 Å². The molecule has 0 aliphatic carbocycles. The second-order valence-corrected chi connectivity index (χ2v) is 4.14. The Morgan fingerprint density at radius 1 is 1.33 bits per heavy atom. The topological polar surface area (TPSA) is 26.3 Å². The first-order valence-electron chi connectivity index (χ1n) is 4.25. The molecule has 2 nitrogen and oxygen atoms in total. The number of ether oxygens (including phenoxy) is 1. The number of alkyl halides is 1. The van der Waals surface area contributed by atoms with Crippen LogP contribution in [0, 0.1) is 11.8 Å². The Hall–Kier alpha value is -0.240. The van der Waals surface area contributed by atoms with Gasteiger partial charge in [0.25, 0.3) is 0 Å². The van der Waals surface area contributed by atoms with Crippen LogP contribution in [0.1, 0.15) is 27.7 Å². The minimum absolute atomic E-state index is 0.131. The number of rotatable bonds is 4. The van der Waals surface area contributed by atoms with E-state index in [0.717, 1.165) is 0 Å². The number of hydrogen-bond acceptors (Lipinski definition) is 2. The zero-order valence-electron chi connectivity index (χ0n) is 8.13. The zero-order valence-corrected chi connectivity index (χ0v) is 8.89. The highest BCUT2D eigenvalue weighted by atomic mass is 35.5. The van der Waals surface area contributed by atoms with Crippen molar-refractivity contribution in [1.82, 2.24) is 0 Å². The number of carbonyl (C=O) groups excluding carboxylic acids is 1. The monoisotopic (exact) mass is 192 g/mol. The molecule has 1 atom stereocenters. The van der Waals surface area contributed by atoms with Gasteiger partial charge in [-0.1, -0.05) is 27.7 Å². The average molecular weight is 193 g/mol. The molecule has 0 aliphatic heterocycles. The molecule has 0 heterocycles. The quantitative estimate of drug-likeness (QED) is 0.505. The van der Waals surface area contributed by atoms with Crippen molar-refractivity contribution in [3.05, 3.63) is 0 Å².